The Hall–Kier alpha value is -1.88. The van der Waals surface area contributed by atoms with Gasteiger partial charge < -0.3 is 9.47 Å². The minimum absolute atomic E-state index is 0.00177. The first-order valence-electron chi connectivity index (χ1n) is 8.68. The van der Waals surface area contributed by atoms with E-state index in [4.69, 9.17) is 9.47 Å². The van der Waals surface area contributed by atoms with Gasteiger partial charge in [-0.05, 0) is 24.3 Å². The normalized spacial score (nSPS) is 26.7. The highest BCUT2D eigenvalue weighted by molar-refractivity contribution is 5.72. The van der Waals surface area contributed by atoms with Gasteiger partial charge in [0.2, 0.25) is 0 Å². The average molecular weight is 331 g/mol. The summed E-state index contributed by atoms with van der Waals surface area (Å²) in [5, 5.41) is 0. The van der Waals surface area contributed by atoms with Gasteiger partial charge in [-0.3, -0.25) is 14.5 Å². The fourth-order valence-electron chi connectivity index (χ4n) is 3.95. The molecule has 0 amide bonds. The zero-order chi connectivity index (χ0) is 16.9. The number of hydrogen-bond donors (Lipinski definition) is 0. The van der Waals surface area contributed by atoms with E-state index in [0.29, 0.717) is 24.7 Å². The monoisotopic (exact) mass is 331 g/mol. The second-order valence-corrected chi connectivity index (χ2v) is 6.80. The van der Waals surface area contributed by atoms with Crippen molar-refractivity contribution in [3.05, 3.63) is 35.9 Å². The molecule has 5 nitrogen and oxygen atoms in total. The maximum atomic E-state index is 11.7. The molecule has 3 atom stereocenters. The Morgan fingerprint density at radius 3 is 2.83 bits per heavy atom. The first-order chi connectivity index (χ1) is 11.7. The standard InChI is InChI=1S/C19H25NO4/c1-23-18(21)9-5-8-15-12-20(11-14-6-3-2-4-7-14)13-17-16(15)10-19(22)24-17/h2-4,6-7,15-17H,5,8-13H2,1H3/t15-,16-,17+/m1/s1. The van der Waals surface area contributed by atoms with E-state index in [2.05, 4.69) is 17.0 Å². The summed E-state index contributed by atoms with van der Waals surface area (Å²) in [7, 11) is 1.42. The van der Waals surface area contributed by atoms with Gasteiger partial charge in [-0.15, -0.1) is 0 Å². The van der Waals surface area contributed by atoms with Crippen molar-refractivity contribution in [1.29, 1.82) is 0 Å². The maximum absolute atomic E-state index is 11.7. The zero-order valence-electron chi connectivity index (χ0n) is 14.1. The highest BCUT2D eigenvalue weighted by Crippen LogP contribution is 2.37. The van der Waals surface area contributed by atoms with E-state index in [1.165, 1.54) is 12.7 Å². The summed E-state index contributed by atoms with van der Waals surface area (Å²) in [6.45, 7) is 2.63. The summed E-state index contributed by atoms with van der Waals surface area (Å²) < 4.78 is 10.3. The fraction of sp³-hybridized carbons (Fsp3) is 0.579. The van der Waals surface area contributed by atoms with Gasteiger partial charge >= 0.3 is 11.9 Å². The van der Waals surface area contributed by atoms with Crippen molar-refractivity contribution in [3.63, 3.8) is 0 Å². The van der Waals surface area contributed by atoms with E-state index < -0.39 is 0 Å². The van der Waals surface area contributed by atoms with Gasteiger partial charge in [0.05, 0.1) is 13.5 Å². The predicted octanol–water partition coefficient (Wildman–Crippen LogP) is 2.39. The number of methoxy groups -OCH3 is 1. The molecule has 5 heteroatoms. The van der Waals surface area contributed by atoms with Crippen molar-refractivity contribution in [1.82, 2.24) is 4.90 Å². The summed E-state index contributed by atoms with van der Waals surface area (Å²) >= 11 is 0. The quantitative estimate of drug-likeness (QED) is 0.749. The van der Waals surface area contributed by atoms with Crippen LogP contribution in [0.3, 0.4) is 0 Å². The molecule has 0 aromatic heterocycles. The first-order valence-corrected chi connectivity index (χ1v) is 8.68. The highest BCUT2D eigenvalue weighted by atomic mass is 16.6. The third kappa shape index (κ3) is 4.15. The van der Waals surface area contributed by atoms with Crippen LogP contribution in [0.25, 0.3) is 0 Å². The number of piperidine rings is 1. The van der Waals surface area contributed by atoms with Gasteiger partial charge in [-0.2, -0.15) is 0 Å². The van der Waals surface area contributed by atoms with Gasteiger partial charge in [-0.1, -0.05) is 30.3 Å². The Bertz CT molecular complexity index is 574. The zero-order valence-corrected chi connectivity index (χ0v) is 14.1. The van der Waals surface area contributed by atoms with Crippen LogP contribution >= 0.6 is 0 Å². The molecule has 2 aliphatic heterocycles. The van der Waals surface area contributed by atoms with E-state index in [-0.39, 0.29) is 18.0 Å². The fourth-order valence-corrected chi connectivity index (χ4v) is 3.95. The van der Waals surface area contributed by atoms with E-state index in [1.54, 1.807) is 0 Å². The molecule has 1 aromatic rings. The Balaban J connectivity index is 1.61. The number of carbonyl (C=O) groups is 2. The van der Waals surface area contributed by atoms with Crippen molar-refractivity contribution in [3.8, 4) is 0 Å². The Morgan fingerprint density at radius 1 is 1.29 bits per heavy atom. The molecule has 0 radical (unpaired) electrons. The Morgan fingerprint density at radius 2 is 2.08 bits per heavy atom. The van der Waals surface area contributed by atoms with Gasteiger partial charge in [0.25, 0.3) is 0 Å². The third-order valence-electron chi connectivity index (χ3n) is 5.13. The SMILES string of the molecule is COC(=O)CCC[C@@H]1CN(Cc2ccccc2)C[C@@H]2OC(=O)C[C@H]12. The number of nitrogens with zero attached hydrogens (tertiary/aromatic N) is 1. The number of carbonyl (C=O) groups excluding carboxylic acids is 2. The molecular weight excluding hydrogens is 306 g/mol. The number of esters is 2. The Kier molecular flexibility index (Phi) is 5.51. The molecule has 0 unspecified atom stereocenters. The van der Waals surface area contributed by atoms with Gasteiger partial charge in [0.15, 0.2) is 0 Å². The summed E-state index contributed by atoms with van der Waals surface area (Å²) in [5.41, 5.74) is 1.27. The number of hydrogen-bond acceptors (Lipinski definition) is 5. The lowest BCUT2D eigenvalue weighted by Crippen LogP contribution is -2.47. The topological polar surface area (TPSA) is 55.8 Å². The first kappa shape index (κ1) is 17.0. The van der Waals surface area contributed by atoms with Crippen LogP contribution in [0.5, 0.6) is 0 Å². The van der Waals surface area contributed by atoms with E-state index in [1.807, 2.05) is 18.2 Å². The molecular formula is C19H25NO4. The summed E-state index contributed by atoms with van der Waals surface area (Å²) in [4.78, 5) is 25.4. The number of fused-ring (bicyclic) bond motifs is 1. The van der Waals surface area contributed by atoms with Crippen LogP contribution in [0.2, 0.25) is 0 Å². The minimum Gasteiger partial charge on any atom is -0.469 e. The highest BCUT2D eigenvalue weighted by Gasteiger charge is 2.44. The van der Waals surface area contributed by atoms with Crippen LogP contribution in [0.4, 0.5) is 0 Å². The summed E-state index contributed by atoms with van der Waals surface area (Å²) in [5.74, 6) is 0.442. The molecule has 130 valence electrons. The van der Waals surface area contributed by atoms with Crippen LogP contribution < -0.4 is 0 Å². The lowest BCUT2D eigenvalue weighted by molar-refractivity contribution is -0.143. The molecule has 0 bridgehead atoms. The molecule has 2 heterocycles. The largest absolute Gasteiger partial charge is 0.469 e. The molecule has 0 aliphatic carbocycles. The molecule has 1 aromatic carbocycles. The van der Waals surface area contributed by atoms with Crippen LogP contribution in [-0.2, 0) is 25.6 Å². The molecule has 0 N–H and O–H groups in total. The Labute approximate surface area is 142 Å². The molecule has 2 saturated heterocycles. The summed E-state index contributed by atoms with van der Waals surface area (Å²) in [6.07, 6.45) is 2.69. The van der Waals surface area contributed by atoms with Crippen LogP contribution in [-0.4, -0.2) is 43.1 Å². The van der Waals surface area contributed by atoms with Gasteiger partial charge in [-0.25, -0.2) is 0 Å². The van der Waals surface area contributed by atoms with Crippen LogP contribution in [0.15, 0.2) is 30.3 Å². The average Bonchev–Trinajstić information content (AvgIpc) is 2.96. The van der Waals surface area contributed by atoms with Crippen molar-refractivity contribution in [2.45, 2.75) is 38.3 Å². The van der Waals surface area contributed by atoms with Gasteiger partial charge in [0.1, 0.15) is 6.10 Å². The van der Waals surface area contributed by atoms with Gasteiger partial charge in [0, 0.05) is 32.0 Å². The maximum Gasteiger partial charge on any atom is 0.306 e. The molecule has 2 aliphatic rings. The molecule has 2 fully saturated rings. The predicted molar refractivity (Wildman–Crippen MR) is 89.1 cm³/mol. The smallest absolute Gasteiger partial charge is 0.306 e. The van der Waals surface area contributed by atoms with E-state index >= 15 is 0 Å². The molecule has 3 rings (SSSR count). The van der Waals surface area contributed by atoms with Crippen molar-refractivity contribution in [2.24, 2.45) is 11.8 Å². The van der Waals surface area contributed by atoms with Crippen LogP contribution in [0, 0.1) is 11.8 Å². The number of likely N-dealkylation sites (tertiary alicyclic amines) is 1. The van der Waals surface area contributed by atoms with Crippen molar-refractivity contribution >= 4 is 11.9 Å². The number of benzene rings is 1. The van der Waals surface area contributed by atoms with E-state index in [0.717, 1.165) is 32.5 Å². The van der Waals surface area contributed by atoms with E-state index in [9.17, 15) is 9.59 Å². The number of ether oxygens (including phenoxy) is 2. The molecule has 0 spiro atoms. The molecule has 24 heavy (non-hydrogen) atoms. The third-order valence-corrected chi connectivity index (χ3v) is 5.13. The van der Waals surface area contributed by atoms with Crippen LogP contribution in [0.1, 0.15) is 31.2 Å². The second kappa shape index (κ2) is 7.79. The second-order valence-electron chi connectivity index (χ2n) is 6.80. The minimum atomic E-state index is -0.165. The number of rotatable bonds is 6. The summed E-state index contributed by atoms with van der Waals surface area (Å²) in [6, 6.07) is 10.4. The van der Waals surface area contributed by atoms with Crippen molar-refractivity contribution < 1.29 is 19.1 Å². The van der Waals surface area contributed by atoms with Crippen molar-refractivity contribution in [2.75, 3.05) is 20.2 Å². The lowest BCUT2D eigenvalue weighted by Gasteiger charge is -2.39. The lowest BCUT2D eigenvalue weighted by atomic mass is 9.79. The molecule has 0 saturated carbocycles.